The van der Waals surface area contributed by atoms with Gasteiger partial charge in [-0.05, 0) is 61.7 Å². The molecule has 3 aromatic rings. The van der Waals surface area contributed by atoms with E-state index >= 15 is 0 Å². The van der Waals surface area contributed by atoms with Crippen LogP contribution in [0, 0.1) is 24.2 Å². The third kappa shape index (κ3) is 5.18. The number of nitrogens with one attached hydrogen (secondary N) is 2. The summed E-state index contributed by atoms with van der Waals surface area (Å²) in [4.78, 5) is 46.6. The van der Waals surface area contributed by atoms with Crippen LogP contribution in [0.3, 0.4) is 0 Å². The van der Waals surface area contributed by atoms with Crippen molar-refractivity contribution in [1.82, 2.24) is 20.5 Å². The van der Waals surface area contributed by atoms with Crippen molar-refractivity contribution in [1.29, 1.82) is 5.26 Å². The van der Waals surface area contributed by atoms with Crippen molar-refractivity contribution in [3.63, 3.8) is 0 Å². The summed E-state index contributed by atoms with van der Waals surface area (Å²) in [6.45, 7) is 2.84. The molecule has 4 heterocycles. The SMILES string of the molecule is Cc1cc(Oc2ccccc2)ccc1N1C(=O)NC2c3c1ccnc3SC2NC(=O)C1CCN(C(=O)CC#N)CC1. The van der Waals surface area contributed by atoms with E-state index in [2.05, 4.69) is 15.6 Å². The number of aryl methyl sites for hydroxylation is 1. The first-order valence-electron chi connectivity index (χ1n) is 13.5. The molecule has 0 bridgehead atoms. The molecule has 3 aliphatic heterocycles. The lowest BCUT2D eigenvalue weighted by molar-refractivity contribution is -0.134. The number of para-hydroxylation sites is 1. The van der Waals surface area contributed by atoms with E-state index in [1.54, 1.807) is 16.0 Å². The molecule has 0 spiro atoms. The molecule has 6 rings (SSSR count). The number of aromatic nitrogens is 1. The smallest absolute Gasteiger partial charge is 0.327 e. The largest absolute Gasteiger partial charge is 0.457 e. The number of likely N-dealkylation sites (tertiary alicyclic amines) is 1. The Morgan fingerprint density at radius 3 is 2.63 bits per heavy atom. The van der Waals surface area contributed by atoms with E-state index in [9.17, 15) is 14.4 Å². The summed E-state index contributed by atoms with van der Waals surface area (Å²) in [6.07, 6.45) is 2.60. The fraction of sp³-hybridized carbons (Fsp3) is 0.300. The average molecular weight is 569 g/mol. The number of amides is 4. The molecule has 2 unspecified atom stereocenters. The summed E-state index contributed by atoms with van der Waals surface area (Å²) in [5, 5.41) is 15.4. The van der Waals surface area contributed by atoms with E-state index in [0.29, 0.717) is 31.7 Å². The van der Waals surface area contributed by atoms with Gasteiger partial charge < -0.3 is 20.3 Å². The van der Waals surface area contributed by atoms with Crippen molar-refractivity contribution >= 4 is 41.0 Å². The van der Waals surface area contributed by atoms with Gasteiger partial charge in [0.05, 0.1) is 23.5 Å². The second kappa shape index (κ2) is 11.1. The minimum atomic E-state index is -0.426. The van der Waals surface area contributed by atoms with Crippen molar-refractivity contribution in [2.24, 2.45) is 5.92 Å². The Morgan fingerprint density at radius 1 is 1.12 bits per heavy atom. The Bertz CT molecular complexity index is 1550. The molecular formula is C30H28N6O4S. The van der Waals surface area contributed by atoms with Gasteiger partial charge in [0.15, 0.2) is 0 Å². The summed E-state index contributed by atoms with van der Waals surface area (Å²) in [5.41, 5.74) is 3.21. The fourth-order valence-corrected chi connectivity index (χ4v) is 6.80. The van der Waals surface area contributed by atoms with Crippen LogP contribution in [-0.2, 0) is 9.59 Å². The predicted octanol–water partition coefficient (Wildman–Crippen LogP) is 4.79. The lowest BCUT2D eigenvalue weighted by atomic mass is 9.95. The van der Waals surface area contributed by atoms with Crippen LogP contribution in [0.5, 0.6) is 11.5 Å². The van der Waals surface area contributed by atoms with Gasteiger partial charge in [-0.15, -0.1) is 0 Å². The predicted molar refractivity (Wildman–Crippen MR) is 153 cm³/mol. The Labute approximate surface area is 241 Å². The number of thioether (sulfide) groups is 1. The highest BCUT2D eigenvalue weighted by molar-refractivity contribution is 8.00. The van der Waals surface area contributed by atoms with Crippen LogP contribution < -0.4 is 20.3 Å². The number of urea groups is 1. The molecule has 2 N–H and O–H groups in total. The molecular weight excluding hydrogens is 540 g/mol. The molecule has 0 saturated carbocycles. The molecule has 11 heteroatoms. The summed E-state index contributed by atoms with van der Waals surface area (Å²) in [6, 6.07) is 18.1. The number of nitrogens with zero attached hydrogens (tertiary/aromatic N) is 4. The molecule has 1 saturated heterocycles. The number of carbonyl (C=O) groups is 3. The van der Waals surface area contributed by atoms with Crippen molar-refractivity contribution < 1.29 is 19.1 Å². The monoisotopic (exact) mass is 568 g/mol. The number of pyridine rings is 1. The van der Waals surface area contributed by atoms with Gasteiger partial charge in [0.1, 0.15) is 28.3 Å². The van der Waals surface area contributed by atoms with Gasteiger partial charge in [-0.1, -0.05) is 30.0 Å². The molecule has 1 aromatic heterocycles. The second-order valence-electron chi connectivity index (χ2n) is 10.2. The second-order valence-corrected chi connectivity index (χ2v) is 11.3. The molecule has 0 aliphatic carbocycles. The third-order valence-electron chi connectivity index (χ3n) is 7.63. The molecule has 0 radical (unpaired) electrons. The van der Waals surface area contributed by atoms with Gasteiger partial charge in [0.25, 0.3) is 0 Å². The first-order valence-corrected chi connectivity index (χ1v) is 14.4. The lowest BCUT2D eigenvalue weighted by Gasteiger charge is -2.36. The maximum absolute atomic E-state index is 13.5. The maximum atomic E-state index is 13.5. The zero-order valence-corrected chi connectivity index (χ0v) is 23.2. The summed E-state index contributed by atoms with van der Waals surface area (Å²) in [5.74, 6) is 0.855. The Morgan fingerprint density at radius 2 is 1.90 bits per heavy atom. The van der Waals surface area contributed by atoms with Gasteiger partial charge in [0, 0.05) is 30.8 Å². The highest BCUT2D eigenvalue weighted by Crippen LogP contribution is 2.50. The zero-order chi connectivity index (χ0) is 28.5. The van der Waals surface area contributed by atoms with Crippen LogP contribution in [0.1, 0.15) is 36.4 Å². The van der Waals surface area contributed by atoms with E-state index < -0.39 is 11.4 Å². The van der Waals surface area contributed by atoms with E-state index in [4.69, 9.17) is 10.00 Å². The highest BCUT2D eigenvalue weighted by atomic mass is 32.2. The van der Waals surface area contributed by atoms with E-state index in [1.165, 1.54) is 11.8 Å². The van der Waals surface area contributed by atoms with Crippen molar-refractivity contribution in [2.45, 2.75) is 42.6 Å². The zero-order valence-electron chi connectivity index (χ0n) is 22.4. The van der Waals surface area contributed by atoms with Crippen LogP contribution >= 0.6 is 11.8 Å². The van der Waals surface area contributed by atoms with Crippen molar-refractivity contribution in [3.05, 3.63) is 71.9 Å². The Balaban J connectivity index is 1.18. The number of nitriles is 1. The summed E-state index contributed by atoms with van der Waals surface area (Å²) in [7, 11) is 0. The molecule has 2 atom stereocenters. The van der Waals surface area contributed by atoms with Crippen LogP contribution in [0.4, 0.5) is 16.2 Å². The van der Waals surface area contributed by atoms with Gasteiger partial charge in [-0.3, -0.25) is 14.5 Å². The van der Waals surface area contributed by atoms with Crippen LogP contribution in [-0.4, -0.2) is 46.2 Å². The molecule has 10 nitrogen and oxygen atoms in total. The average Bonchev–Trinajstić information content (AvgIpc) is 3.32. The van der Waals surface area contributed by atoms with E-state index in [0.717, 1.165) is 33.3 Å². The normalized spacial score (nSPS) is 19.7. The van der Waals surface area contributed by atoms with Gasteiger partial charge in [0.2, 0.25) is 11.8 Å². The van der Waals surface area contributed by atoms with Crippen LogP contribution in [0.25, 0.3) is 0 Å². The van der Waals surface area contributed by atoms with Crippen molar-refractivity contribution in [3.8, 4) is 17.6 Å². The first-order chi connectivity index (χ1) is 19.9. The molecule has 4 amide bonds. The fourth-order valence-electron chi connectivity index (χ4n) is 5.57. The molecule has 41 heavy (non-hydrogen) atoms. The minimum absolute atomic E-state index is 0.106. The number of hydrogen-bond donors (Lipinski definition) is 2. The third-order valence-corrected chi connectivity index (χ3v) is 8.82. The maximum Gasteiger partial charge on any atom is 0.327 e. The number of piperidine rings is 1. The van der Waals surface area contributed by atoms with Gasteiger partial charge >= 0.3 is 6.03 Å². The molecule has 208 valence electrons. The van der Waals surface area contributed by atoms with Crippen molar-refractivity contribution in [2.75, 3.05) is 18.0 Å². The summed E-state index contributed by atoms with van der Waals surface area (Å²) >= 11 is 1.43. The minimum Gasteiger partial charge on any atom is -0.457 e. The number of benzene rings is 2. The lowest BCUT2D eigenvalue weighted by Crippen LogP contribution is -2.51. The van der Waals surface area contributed by atoms with E-state index in [1.807, 2.05) is 67.6 Å². The highest BCUT2D eigenvalue weighted by Gasteiger charge is 2.45. The van der Waals surface area contributed by atoms with Crippen LogP contribution in [0.15, 0.2) is 65.8 Å². The summed E-state index contributed by atoms with van der Waals surface area (Å²) < 4.78 is 5.97. The molecule has 3 aliphatic rings. The first kappa shape index (κ1) is 26.7. The topological polar surface area (TPSA) is 128 Å². The number of carbonyl (C=O) groups excluding carboxylic acids is 3. The quantitative estimate of drug-likeness (QED) is 0.438. The van der Waals surface area contributed by atoms with Gasteiger partial charge in [-0.2, -0.15) is 5.26 Å². The standard InChI is InChI=1S/C30H28N6O4S/c1-18-17-21(40-20-5-3-2-4-6-20)7-8-22(18)36-23-10-14-32-28-25(23)26(33-30(36)39)29(41-28)34-27(38)19-11-15-35(16-12-19)24(37)9-13-31/h2-8,10,14,17,19,26,29H,9,11-12,15-16H2,1H3,(H,33,39)(H,34,38). The number of hydrogen-bond acceptors (Lipinski definition) is 7. The molecule has 2 aromatic carbocycles. The number of ether oxygens (including phenoxy) is 1. The van der Waals surface area contributed by atoms with E-state index in [-0.39, 0.29) is 30.2 Å². The number of anilines is 2. The number of rotatable bonds is 6. The van der Waals surface area contributed by atoms with Gasteiger partial charge in [-0.25, -0.2) is 9.78 Å². The van der Waals surface area contributed by atoms with Crippen LogP contribution in [0.2, 0.25) is 0 Å². The molecule has 1 fully saturated rings. The Hall–Kier alpha value is -4.56. The Kier molecular flexibility index (Phi) is 7.24.